The molecule has 0 aliphatic rings. The topological polar surface area (TPSA) is 107 Å². The molecule has 2 rings (SSSR count). The summed E-state index contributed by atoms with van der Waals surface area (Å²) in [4.78, 5) is 27.9. The molecule has 0 spiro atoms. The van der Waals surface area contributed by atoms with E-state index >= 15 is 0 Å². The van der Waals surface area contributed by atoms with E-state index < -0.39 is 17.6 Å². The Balaban J connectivity index is 2.00. The van der Waals surface area contributed by atoms with Crippen LogP contribution in [-0.2, 0) is 11.2 Å². The van der Waals surface area contributed by atoms with Crippen LogP contribution >= 0.6 is 11.3 Å². The van der Waals surface area contributed by atoms with Gasteiger partial charge in [-0.25, -0.2) is 9.78 Å². The van der Waals surface area contributed by atoms with Gasteiger partial charge in [0.2, 0.25) is 0 Å². The van der Waals surface area contributed by atoms with Gasteiger partial charge in [-0.15, -0.1) is 11.3 Å². The van der Waals surface area contributed by atoms with E-state index in [1.807, 2.05) is 17.5 Å². The van der Waals surface area contributed by atoms with Gasteiger partial charge < -0.3 is 20.2 Å². The van der Waals surface area contributed by atoms with Crippen LogP contribution in [0.25, 0.3) is 10.6 Å². The zero-order valence-electron chi connectivity index (χ0n) is 13.2. The number of rotatable bonds is 5. The number of oxazole rings is 1. The number of carbonyl (C=O) groups is 2. The molecule has 2 amide bonds. The number of nitrogens with two attached hydrogens (primary N) is 1. The first-order chi connectivity index (χ1) is 10.8. The van der Waals surface area contributed by atoms with Gasteiger partial charge in [0.15, 0.2) is 17.3 Å². The smallest absolute Gasteiger partial charge is 0.407 e. The summed E-state index contributed by atoms with van der Waals surface area (Å²) in [5.74, 6) is 0.0431. The fourth-order valence-electron chi connectivity index (χ4n) is 1.80. The van der Waals surface area contributed by atoms with Crippen LogP contribution in [-0.4, -0.2) is 29.1 Å². The number of thiophene rings is 1. The highest BCUT2D eigenvalue weighted by Crippen LogP contribution is 2.28. The fraction of sp³-hybridized carbons (Fsp3) is 0.400. The molecule has 0 aliphatic carbocycles. The van der Waals surface area contributed by atoms with Crippen LogP contribution in [0.2, 0.25) is 0 Å². The van der Waals surface area contributed by atoms with Crippen LogP contribution in [0.4, 0.5) is 4.79 Å². The summed E-state index contributed by atoms with van der Waals surface area (Å²) in [6.07, 6.45) is -0.192. The summed E-state index contributed by atoms with van der Waals surface area (Å²) in [7, 11) is 0. The molecule has 8 heteroatoms. The molecule has 2 aromatic rings. The van der Waals surface area contributed by atoms with Crippen molar-refractivity contribution >= 4 is 23.3 Å². The minimum Gasteiger partial charge on any atom is -0.444 e. The number of aromatic nitrogens is 1. The zero-order valence-corrected chi connectivity index (χ0v) is 14.0. The summed E-state index contributed by atoms with van der Waals surface area (Å²) in [6, 6.07) is 3.66. The maximum atomic E-state index is 11.6. The molecular formula is C15H19N3O4S. The van der Waals surface area contributed by atoms with Crippen molar-refractivity contribution in [3.8, 4) is 10.6 Å². The number of alkyl carbamates (subject to hydrolysis) is 1. The maximum absolute atomic E-state index is 11.6. The lowest BCUT2D eigenvalue weighted by Gasteiger charge is -2.19. The number of nitrogens with one attached hydrogen (secondary N) is 1. The molecule has 0 saturated heterocycles. The Morgan fingerprint density at radius 2 is 2.17 bits per heavy atom. The molecule has 0 unspecified atom stereocenters. The van der Waals surface area contributed by atoms with Crippen molar-refractivity contribution < 1.29 is 18.7 Å². The summed E-state index contributed by atoms with van der Waals surface area (Å²) < 4.78 is 10.7. The Kier molecular flexibility index (Phi) is 5.05. The summed E-state index contributed by atoms with van der Waals surface area (Å²) >= 11 is 1.42. The number of carbonyl (C=O) groups excluding carboxylic acids is 2. The highest BCUT2D eigenvalue weighted by Gasteiger charge is 2.20. The van der Waals surface area contributed by atoms with Gasteiger partial charge in [-0.2, -0.15) is 0 Å². The predicted molar refractivity (Wildman–Crippen MR) is 86.3 cm³/mol. The highest BCUT2D eigenvalue weighted by molar-refractivity contribution is 7.13. The van der Waals surface area contributed by atoms with E-state index in [4.69, 9.17) is 14.9 Å². The monoisotopic (exact) mass is 337 g/mol. The Hall–Kier alpha value is -2.35. The van der Waals surface area contributed by atoms with Crippen molar-refractivity contribution in [1.29, 1.82) is 0 Å². The first kappa shape index (κ1) is 17.0. The fourth-order valence-corrected chi connectivity index (χ4v) is 2.51. The van der Waals surface area contributed by atoms with Gasteiger partial charge in [0, 0.05) is 13.0 Å². The summed E-state index contributed by atoms with van der Waals surface area (Å²) in [5, 5.41) is 4.47. The van der Waals surface area contributed by atoms with Gasteiger partial charge in [0.25, 0.3) is 5.91 Å². The van der Waals surface area contributed by atoms with Crippen molar-refractivity contribution in [1.82, 2.24) is 10.3 Å². The molecule has 2 aromatic heterocycles. The molecule has 7 nitrogen and oxygen atoms in total. The van der Waals surface area contributed by atoms with Gasteiger partial charge in [-0.05, 0) is 32.2 Å². The molecule has 3 N–H and O–H groups in total. The lowest BCUT2D eigenvalue weighted by atomic mass is 10.2. The van der Waals surface area contributed by atoms with Crippen LogP contribution in [0.5, 0.6) is 0 Å². The second-order valence-electron chi connectivity index (χ2n) is 5.81. The maximum Gasteiger partial charge on any atom is 0.407 e. The van der Waals surface area contributed by atoms with Crippen LogP contribution in [0.3, 0.4) is 0 Å². The zero-order chi connectivity index (χ0) is 17.0. The number of hydrogen-bond donors (Lipinski definition) is 2. The number of nitrogens with zero attached hydrogens (tertiary/aromatic N) is 1. The van der Waals surface area contributed by atoms with Crippen molar-refractivity contribution in [2.24, 2.45) is 5.73 Å². The second kappa shape index (κ2) is 6.82. The third kappa shape index (κ3) is 4.82. The summed E-state index contributed by atoms with van der Waals surface area (Å²) in [6.45, 7) is 5.63. The van der Waals surface area contributed by atoms with Crippen molar-refractivity contribution in [2.75, 3.05) is 6.54 Å². The van der Waals surface area contributed by atoms with Crippen LogP contribution in [0.15, 0.2) is 21.9 Å². The lowest BCUT2D eigenvalue weighted by Crippen LogP contribution is -2.33. The van der Waals surface area contributed by atoms with Crippen LogP contribution in [0, 0.1) is 0 Å². The van der Waals surface area contributed by atoms with Gasteiger partial charge in [0.05, 0.1) is 4.88 Å². The van der Waals surface area contributed by atoms with Crippen molar-refractivity contribution in [2.45, 2.75) is 32.8 Å². The SMILES string of the molecule is CC(C)(C)OC(=O)NCCc1nc(C(N)=O)c(-c2cccs2)o1. The minimum atomic E-state index is -0.650. The minimum absolute atomic E-state index is 0.0970. The van der Waals surface area contributed by atoms with Crippen LogP contribution in [0.1, 0.15) is 37.2 Å². The van der Waals surface area contributed by atoms with E-state index in [2.05, 4.69) is 10.3 Å². The third-order valence-corrected chi connectivity index (χ3v) is 3.53. The first-order valence-electron chi connectivity index (χ1n) is 7.06. The number of primary amides is 1. The van der Waals surface area contributed by atoms with Crippen molar-refractivity contribution in [3.63, 3.8) is 0 Å². The van der Waals surface area contributed by atoms with E-state index in [-0.39, 0.29) is 12.2 Å². The molecule has 0 aliphatic heterocycles. The van der Waals surface area contributed by atoms with Crippen molar-refractivity contribution in [3.05, 3.63) is 29.1 Å². The molecule has 0 bridgehead atoms. The molecule has 0 radical (unpaired) electrons. The molecule has 0 aromatic carbocycles. The molecule has 0 fully saturated rings. The Bertz CT molecular complexity index is 686. The highest BCUT2D eigenvalue weighted by atomic mass is 32.1. The molecule has 0 saturated carbocycles. The Morgan fingerprint density at radius 3 is 2.74 bits per heavy atom. The van der Waals surface area contributed by atoms with E-state index in [1.165, 1.54) is 11.3 Å². The van der Waals surface area contributed by atoms with E-state index in [9.17, 15) is 9.59 Å². The molecule has 124 valence electrons. The molecule has 2 heterocycles. The predicted octanol–water partition coefficient (Wildman–Crippen LogP) is 2.57. The van der Waals surface area contributed by atoms with E-state index in [0.29, 0.717) is 18.1 Å². The normalized spacial score (nSPS) is 11.3. The van der Waals surface area contributed by atoms with Gasteiger partial charge >= 0.3 is 6.09 Å². The number of amides is 2. The standard InChI is InChI=1S/C15H19N3O4S/c1-15(2,3)22-14(20)17-7-6-10-18-11(13(16)19)12(21-10)9-5-4-8-23-9/h4-5,8H,6-7H2,1-3H3,(H2,16,19)(H,17,20). The largest absolute Gasteiger partial charge is 0.444 e. The number of hydrogen-bond acceptors (Lipinski definition) is 6. The second-order valence-corrected chi connectivity index (χ2v) is 6.75. The first-order valence-corrected chi connectivity index (χ1v) is 7.94. The van der Waals surface area contributed by atoms with Gasteiger partial charge in [-0.1, -0.05) is 6.07 Å². The average molecular weight is 337 g/mol. The Labute approximate surface area is 137 Å². The lowest BCUT2D eigenvalue weighted by molar-refractivity contribution is 0.0527. The quantitative estimate of drug-likeness (QED) is 0.872. The number of ether oxygens (including phenoxy) is 1. The average Bonchev–Trinajstić information content (AvgIpc) is 3.04. The van der Waals surface area contributed by atoms with Gasteiger partial charge in [-0.3, -0.25) is 4.79 Å². The van der Waals surface area contributed by atoms with Crippen LogP contribution < -0.4 is 11.1 Å². The Morgan fingerprint density at radius 1 is 1.43 bits per heavy atom. The molecule has 0 atom stereocenters. The van der Waals surface area contributed by atoms with Gasteiger partial charge in [0.1, 0.15) is 5.60 Å². The third-order valence-electron chi connectivity index (χ3n) is 2.66. The van der Waals surface area contributed by atoms with E-state index in [0.717, 1.165) is 4.88 Å². The van der Waals surface area contributed by atoms with E-state index in [1.54, 1.807) is 20.8 Å². The summed E-state index contributed by atoms with van der Waals surface area (Å²) in [5.41, 5.74) is 4.87. The molecule has 23 heavy (non-hydrogen) atoms. The molecular weight excluding hydrogens is 318 g/mol.